The Labute approximate surface area is 164 Å². The summed E-state index contributed by atoms with van der Waals surface area (Å²) in [5.74, 6) is 2.59. The fraction of sp³-hybridized carbons (Fsp3) is 0.381. The number of amides is 1. The van der Waals surface area contributed by atoms with E-state index in [9.17, 15) is 4.79 Å². The second kappa shape index (κ2) is 9.89. The van der Waals surface area contributed by atoms with Gasteiger partial charge >= 0.3 is 0 Å². The van der Waals surface area contributed by atoms with Crippen molar-refractivity contribution in [2.24, 2.45) is 0 Å². The average Bonchev–Trinajstić information content (AvgIpc) is 2.67. The molecule has 1 amide bonds. The van der Waals surface area contributed by atoms with E-state index in [1.54, 1.807) is 11.8 Å². The van der Waals surface area contributed by atoms with E-state index < -0.39 is 0 Å². The van der Waals surface area contributed by atoms with Gasteiger partial charge in [0.2, 0.25) is 0 Å². The van der Waals surface area contributed by atoms with E-state index in [4.69, 9.17) is 16.3 Å². The van der Waals surface area contributed by atoms with Gasteiger partial charge in [-0.2, -0.15) is 11.8 Å². The molecule has 0 fully saturated rings. The van der Waals surface area contributed by atoms with E-state index in [0.29, 0.717) is 6.54 Å². The lowest BCUT2D eigenvalue weighted by atomic mass is 9.91. The van der Waals surface area contributed by atoms with Gasteiger partial charge in [0.15, 0.2) is 6.61 Å². The Hall–Kier alpha value is -1.65. The van der Waals surface area contributed by atoms with Crippen molar-refractivity contribution in [2.75, 3.05) is 18.9 Å². The van der Waals surface area contributed by atoms with E-state index in [-0.39, 0.29) is 12.5 Å². The lowest BCUT2D eigenvalue weighted by Gasteiger charge is -2.19. The molecule has 0 saturated heterocycles. The predicted octanol–water partition coefficient (Wildman–Crippen LogP) is 4.65. The standard InChI is InChI=1S/C21H24ClNO2S/c22-18-10-8-16(9-11-18)15-26-13-12-23-21(24)14-25-20-7-3-5-17-4-1-2-6-19(17)20/h3,5,7-11H,1-2,4,6,12-15H2,(H,23,24). The van der Waals surface area contributed by atoms with Crippen molar-refractivity contribution in [2.45, 2.75) is 31.4 Å². The zero-order valence-electron chi connectivity index (χ0n) is 14.8. The van der Waals surface area contributed by atoms with Crippen molar-refractivity contribution in [1.29, 1.82) is 0 Å². The van der Waals surface area contributed by atoms with Crippen LogP contribution >= 0.6 is 23.4 Å². The number of hydrogen-bond donors (Lipinski definition) is 1. The van der Waals surface area contributed by atoms with Gasteiger partial charge < -0.3 is 10.1 Å². The monoisotopic (exact) mass is 389 g/mol. The number of carbonyl (C=O) groups excluding carboxylic acids is 1. The normalized spacial score (nSPS) is 13.1. The van der Waals surface area contributed by atoms with Gasteiger partial charge in [0.05, 0.1) is 0 Å². The number of fused-ring (bicyclic) bond motifs is 1. The van der Waals surface area contributed by atoms with Crippen molar-refractivity contribution >= 4 is 29.3 Å². The molecule has 26 heavy (non-hydrogen) atoms. The van der Waals surface area contributed by atoms with Gasteiger partial charge in [-0.1, -0.05) is 35.9 Å². The second-order valence-electron chi connectivity index (χ2n) is 6.42. The third-order valence-electron chi connectivity index (χ3n) is 4.46. The summed E-state index contributed by atoms with van der Waals surface area (Å²) < 4.78 is 5.77. The summed E-state index contributed by atoms with van der Waals surface area (Å²) in [6, 6.07) is 14.0. The Morgan fingerprint density at radius 2 is 1.92 bits per heavy atom. The number of hydrogen-bond acceptors (Lipinski definition) is 3. The summed E-state index contributed by atoms with van der Waals surface area (Å²) in [7, 11) is 0. The SMILES string of the molecule is O=C(COc1cccc2c1CCCC2)NCCSCc1ccc(Cl)cc1. The molecule has 1 N–H and O–H groups in total. The molecule has 0 saturated carbocycles. The Bertz CT molecular complexity index is 733. The molecule has 3 rings (SSSR count). The first-order chi connectivity index (χ1) is 12.7. The van der Waals surface area contributed by atoms with Crippen LogP contribution in [0.1, 0.15) is 29.5 Å². The average molecular weight is 390 g/mol. The number of ether oxygens (including phenoxy) is 1. The molecule has 0 radical (unpaired) electrons. The van der Waals surface area contributed by atoms with Gasteiger partial charge in [-0.05, 0) is 60.6 Å². The highest BCUT2D eigenvalue weighted by molar-refractivity contribution is 7.98. The van der Waals surface area contributed by atoms with E-state index in [2.05, 4.69) is 11.4 Å². The Kier molecular flexibility index (Phi) is 7.27. The molecular weight excluding hydrogens is 366 g/mol. The van der Waals surface area contributed by atoms with Crippen molar-refractivity contribution < 1.29 is 9.53 Å². The van der Waals surface area contributed by atoms with Crippen LogP contribution < -0.4 is 10.1 Å². The summed E-state index contributed by atoms with van der Waals surface area (Å²) >= 11 is 7.67. The first-order valence-corrected chi connectivity index (χ1v) is 10.6. The molecule has 0 spiro atoms. The second-order valence-corrected chi connectivity index (χ2v) is 7.96. The quantitative estimate of drug-likeness (QED) is 0.668. The maximum Gasteiger partial charge on any atom is 0.257 e. The minimum Gasteiger partial charge on any atom is -0.483 e. The molecule has 0 aliphatic heterocycles. The van der Waals surface area contributed by atoms with Crippen LogP contribution in [0.15, 0.2) is 42.5 Å². The molecule has 0 atom stereocenters. The minimum atomic E-state index is -0.0643. The molecule has 1 aliphatic rings. The molecule has 1 aliphatic carbocycles. The van der Waals surface area contributed by atoms with Gasteiger partial charge in [-0.25, -0.2) is 0 Å². The fourth-order valence-corrected chi connectivity index (χ4v) is 4.05. The van der Waals surface area contributed by atoms with E-state index in [1.807, 2.05) is 36.4 Å². The van der Waals surface area contributed by atoms with Crippen LogP contribution in [-0.4, -0.2) is 24.8 Å². The Morgan fingerprint density at radius 1 is 1.12 bits per heavy atom. The van der Waals surface area contributed by atoms with Crippen LogP contribution in [-0.2, 0) is 23.4 Å². The summed E-state index contributed by atoms with van der Waals surface area (Å²) in [6.07, 6.45) is 4.60. The minimum absolute atomic E-state index is 0.0643. The number of carbonyl (C=O) groups is 1. The Balaban J connectivity index is 1.34. The molecule has 0 heterocycles. The first kappa shape index (κ1) is 19.1. The van der Waals surface area contributed by atoms with E-state index in [0.717, 1.165) is 35.1 Å². The van der Waals surface area contributed by atoms with E-state index >= 15 is 0 Å². The highest BCUT2D eigenvalue weighted by atomic mass is 35.5. The first-order valence-electron chi connectivity index (χ1n) is 9.05. The van der Waals surface area contributed by atoms with E-state index in [1.165, 1.54) is 29.5 Å². The molecule has 0 bridgehead atoms. The van der Waals surface area contributed by atoms with Crippen LogP contribution in [0.2, 0.25) is 5.02 Å². The molecule has 0 aromatic heterocycles. The topological polar surface area (TPSA) is 38.3 Å². The van der Waals surface area contributed by atoms with Crippen LogP contribution in [0.25, 0.3) is 0 Å². The van der Waals surface area contributed by atoms with Crippen LogP contribution in [0, 0.1) is 0 Å². The summed E-state index contributed by atoms with van der Waals surface area (Å²) in [4.78, 5) is 12.0. The highest BCUT2D eigenvalue weighted by Gasteiger charge is 2.14. The van der Waals surface area contributed by atoms with Gasteiger partial charge in [0.1, 0.15) is 5.75 Å². The molecule has 2 aromatic carbocycles. The van der Waals surface area contributed by atoms with Crippen molar-refractivity contribution in [1.82, 2.24) is 5.32 Å². The van der Waals surface area contributed by atoms with Crippen LogP contribution in [0.4, 0.5) is 0 Å². The number of rotatable bonds is 8. The van der Waals surface area contributed by atoms with Crippen molar-refractivity contribution in [3.63, 3.8) is 0 Å². The summed E-state index contributed by atoms with van der Waals surface area (Å²) in [6.45, 7) is 0.728. The molecular formula is C21H24ClNO2S. The number of aryl methyl sites for hydroxylation is 1. The van der Waals surface area contributed by atoms with Crippen molar-refractivity contribution in [3.8, 4) is 5.75 Å². The predicted molar refractivity (Wildman–Crippen MR) is 109 cm³/mol. The lowest BCUT2D eigenvalue weighted by Crippen LogP contribution is -2.30. The number of benzene rings is 2. The Morgan fingerprint density at radius 3 is 2.77 bits per heavy atom. The zero-order chi connectivity index (χ0) is 18.2. The fourth-order valence-electron chi connectivity index (χ4n) is 3.11. The third kappa shape index (κ3) is 5.68. The summed E-state index contributed by atoms with van der Waals surface area (Å²) in [5, 5.41) is 3.68. The number of halogens is 1. The number of nitrogens with one attached hydrogen (secondary N) is 1. The molecule has 138 valence electrons. The highest BCUT2D eigenvalue weighted by Crippen LogP contribution is 2.29. The maximum atomic E-state index is 12.0. The van der Waals surface area contributed by atoms with Gasteiger partial charge in [-0.3, -0.25) is 4.79 Å². The maximum absolute atomic E-state index is 12.0. The van der Waals surface area contributed by atoms with Gasteiger partial charge in [0, 0.05) is 23.1 Å². The summed E-state index contributed by atoms with van der Waals surface area (Å²) in [5.41, 5.74) is 3.89. The molecule has 3 nitrogen and oxygen atoms in total. The smallest absolute Gasteiger partial charge is 0.257 e. The number of thioether (sulfide) groups is 1. The van der Waals surface area contributed by atoms with Gasteiger partial charge in [0.25, 0.3) is 5.91 Å². The van der Waals surface area contributed by atoms with Gasteiger partial charge in [-0.15, -0.1) is 0 Å². The van der Waals surface area contributed by atoms with Crippen LogP contribution in [0.3, 0.4) is 0 Å². The molecule has 2 aromatic rings. The van der Waals surface area contributed by atoms with Crippen molar-refractivity contribution in [3.05, 3.63) is 64.2 Å². The van der Waals surface area contributed by atoms with Crippen LogP contribution in [0.5, 0.6) is 5.75 Å². The third-order valence-corrected chi connectivity index (χ3v) is 5.74. The lowest BCUT2D eigenvalue weighted by molar-refractivity contribution is -0.122. The zero-order valence-corrected chi connectivity index (χ0v) is 16.4. The molecule has 0 unspecified atom stereocenters. The largest absolute Gasteiger partial charge is 0.483 e. The molecule has 5 heteroatoms.